The third-order valence-electron chi connectivity index (χ3n) is 6.35. The van der Waals surface area contributed by atoms with Crippen LogP contribution in [0, 0.1) is 6.92 Å². The van der Waals surface area contributed by atoms with Gasteiger partial charge in [-0.15, -0.1) is 5.10 Å². The van der Waals surface area contributed by atoms with Crippen LogP contribution in [0.3, 0.4) is 0 Å². The van der Waals surface area contributed by atoms with Crippen molar-refractivity contribution in [1.29, 1.82) is 0 Å². The Morgan fingerprint density at radius 1 is 0.970 bits per heavy atom. The van der Waals surface area contributed by atoms with Gasteiger partial charge in [0.15, 0.2) is 5.78 Å². The molecular formula is C27H22N4OS. The number of nitrogens with zero attached hydrogens (tertiary/aromatic N) is 4. The molecule has 0 fully saturated rings. The molecule has 5 aromatic rings. The summed E-state index contributed by atoms with van der Waals surface area (Å²) in [5, 5.41) is 7.74. The van der Waals surface area contributed by atoms with E-state index in [4.69, 9.17) is 4.98 Å². The zero-order chi connectivity index (χ0) is 22.4. The number of hydrogen-bond acceptors (Lipinski definition) is 5. The molecule has 2 heterocycles. The summed E-state index contributed by atoms with van der Waals surface area (Å²) in [6.07, 6.45) is 3.05. The summed E-state index contributed by atoms with van der Waals surface area (Å²) in [5.41, 5.74) is 5.15. The maximum atomic E-state index is 12.9. The number of thioether (sulfide) groups is 1. The Kier molecular flexibility index (Phi) is 4.95. The normalized spacial score (nSPS) is 15.8. The zero-order valence-electron chi connectivity index (χ0n) is 18.2. The first-order valence-corrected chi connectivity index (χ1v) is 12.1. The van der Waals surface area contributed by atoms with Gasteiger partial charge in [-0.1, -0.05) is 84.1 Å². The predicted molar refractivity (Wildman–Crippen MR) is 131 cm³/mol. The van der Waals surface area contributed by atoms with Crippen molar-refractivity contribution in [3.05, 3.63) is 101 Å². The summed E-state index contributed by atoms with van der Waals surface area (Å²) in [7, 11) is 0. The summed E-state index contributed by atoms with van der Waals surface area (Å²) in [5.74, 6) is 1.60. The lowest BCUT2D eigenvalue weighted by Gasteiger charge is -2.23. The number of benzene rings is 3. The highest BCUT2D eigenvalue weighted by molar-refractivity contribution is 7.98. The molecule has 33 heavy (non-hydrogen) atoms. The van der Waals surface area contributed by atoms with E-state index in [1.165, 1.54) is 27.5 Å². The Morgan fingerprint density at radius 2 is 1.79 bits per heavy atom. The number of aromatic nitrogens is 4. The molecule has 1 unspecified atom stereocenters. The topological polar surface area (TPSA) is 60.2 Å². The van der Waals surface area contributed by atoms with Crippen molar-refractivity contribution in [3.8, 4) is 0 Å². The van der Waals surface area contributed by atoms with Crippen molar-refractivity contribution in [3.63, 3.8) is 0 Å². The third kappa shape index (κ3) is 3.80. The van der Waals surface area contributed by atoms with Gasteiger partial charge >= 0.3 is 0 Å². The van der Waals surface area contributed by atoms with E-state index in [-0.39, 0.29) is 11.7 Å². The van der Waals surface area contributed by atoms with Crippen LogP contribution in [0.25, 0.3) is 16.6 Å². The second-order valence-corrected chi connectivity index (χ2v) is 9.55. The minimum atomic E-state index is 0.122. The van der Waals surface area contributed by atoms with Gasteiger partial charge in [0, 0.05) is 18.4 Å². The number of carbonyl (C=O) groups is 1. The molecule has 0 N–H and O–H groups in total. The minimum Gasteiger partial charge on any atom is -0.294 e. The summed E-state index contributed by atoms with van der Waals surface area (Å²) in [4.78, 5) is 22.3. The van der Waals surface area contributed by atoms with Crippen molar-refractivity contribution in [1.82, 2.24) is 19.6 Å². The fraction of sp³-hybridized carbons (Fsp3) is 0.185. The number of fused-ring (bicyclic) bond motifs is 3. The van der Waals surface area contributed by atoms with Gasteiger partial charge in [-0.2, -0.15) is 4.98 Å². The third-order valence-corrected chi connectivity index (χ3v) is 7.23. The molecule has 6 rings (SSSR count). The van der Waals surface area contributed by atoms with Gasteiger partial charge < -0.3 is 0 Å². The van der Waals surface area contributed by atoms with Gasteiger partial charge in [0.1, 0.15) is 0 Å². The molecule has 0 saturated heterocycles. The number of hydrogen-bond donors (Lipinski definition) is 0. The number of carbonyl (C=O) groups excluding carboxylic acids is 1. The van der Waals surface area contributed by atoms with E-state index in [1.54, 1.807) is 22.5 Å². The monoisotopic (exact) mass is 450 g/mol. The lowest BCUT2D eigenvalue weighted by molar-refractivity contribution is 0.0962. The first kappa shape index (κ1) is 20.1. The average Bonchev–Trinajstić information content (AvgIpc) is 3.24. The smallest absolute Gasteiger partial charge is 0.253 e. The van der Waals surface area contributed by atoms with Crippen molar-refractivity contribution in [2.24, 2.45) is 0 Å². The van der Waals surface area contributed by atoms with Gasteiger partial charge in [-0.05, 0) is 41.2 Å². The van der Waals surface area contributed by atoms with Crippen LogP contribution in [-0.4, -0.2) is 25.4 Å². The fourth-order valence-electron chi connectivity index (χ4n) is 4.56. The van der Waals surface area contributed by atoms with Gasteiger partial charge in [-0.3, -0.25) is 4.79 Å². The zero-order valence-corrected chi connectivity index (χ0v) is 19.0. The van der Waals surface area contributed by atoms with E-state index in [1.807, 2.05) is 0 Å². The molecule has 5 nitrogen and oxygen atoms in total. The summed E-state index contributed by atoms with van der Waals surface area (Å²) >= 11 is 1.59. The van der Waals surface area contributed by atoms with Crippen LogP contribution in [-0.2, 0) is 12.2 Å². The Balaban J connectivity index is 1.27. The molecular weight excluding hydrogens is 428 g/mol. The predicted octanol–water partition coefficient (Wildman–Crippen LogP) is 5.79. The minimum absolute atomic E-state index is 0.122. The molecule has 0 bridgehead atoms. The summed E-state index contributed by atoms with van der Waals surface area (Å²) < 4.78 is 1.65. The molecule has 1 aliphatic rings. The van der Waals surface area contributed by atoms with Crippen molar-refractivity contribution < 1.29 is 4.79 Å². The second kappa shape index (κ2) is 8.12. The standard InChI is InChI=1S/C27H22N4OS/c1-17-9-11-18(12-10-17)21-13-24-23(25(32)14-21)15-31-26(28-24)29-27(30-31)33-16-20-7-4-6-19-5-2-3-8-22(19)20/h2-12,15,21H,13-14,16H2,1H3. The quantitative estimate of drug-likeness (QED) is 0.324. The SMILES string of the molecule is Cc1ccc(C2CC(=O)c3cn4nc(SCc5cccc6ccccc56)nc4nc3C2)cc1. The molecule has 3 aromatic carbocycles. The molecule has 1 aliphatic carbocycles. The van der Waals surface area contributed by atoms with Gasteiger partial charge in [0.25, 0.3) is 5.78 Å². The lowest BCUT2D eigenvalue weighted by Crippen LogP contribution is -2.21. The highest BCUT2D eigenvalue weighted by atomic mass is 32.2. The molecule has 0 aliphatic heterocycles. The van der Waals surface area contributed by atoms with Crippen LogP contribution in [0.15, 0.2) is 78.1 Å². The number of rotatable bonds is 4. The van der Waals surface area contributed by atoms with E-state index in [0.717, 1.165) is 17.9 Å². The van der Waals surface area contributed by atoms with E-state index in [2.05, 4.69) is 83.7 Å². The Hall–Kier alpha value is -3.51. The van der Waals surface area contributed by atoms with Crippen LogP contribution in [0.1, 0.15) is 45.1 Å². The van der Waals surface area contributed by atoms with Gasteiger partial charge in [-0.25, -0.2) is 9.50 Å². The van der Waals surface area contributed by atoms with E-state index in [9.17, 15) is 4.79 Å². The Morgan fingerprint density at radius 3 is 2.67 bits per heavy atom. The van der Waals surface area contributed by atoms with Crippen molar-refractivity contribution in [2.45, 2.75) is 36.6 Å². The molecule has 162 valence electrons. The maximum Gasteiger partial charge on any atom is 0.253 e. The highest BCUT2D eigenvalue weighted by Crippen LogP contribution is 2.32. The lowest BCUT2D eigenvalue weighted by atomic mass is 9.82. The molecule has 6 heteroatoms. The van der Waals surface area contributed by atoms with Crippen LogP contribution < -0.4 is 0 Å². The van der Waals surface area contributed by atoms with Crippen LogP contribution in [0.5, 0.6) is 0 Å². The average molecular weight is 451 g/mol. The first-order valence-electron chi connectivity index (χ1n) is 11.1. The van der Waals surface area contributed by atoms with E-state index >= 15 is 0 Å². The molecule has 0 spiro atoms. The Labute approximate surface area is 195 Å². The van der Waals surface area contributed by atoms with Crippen LogP contribution in [0.2, 0.25) is 0 Å². The number of aryl methyl sites for hydroxylation is 1. The molecule has 0 amide bonds. The first-order chi connectivity index (χ1) is 16.1. The molecule has 1 atom stereocenters. The van der Waals surface area contributed by atoms with E-state index < -0.39 is 0 Å². The van der Waals surface area contributed by atoms with Crippen LogP contribution >= 0.6 is 11.8 Å². The summed E-state index contributed by atoms with van der Waals surface area (Å²) in [6, 6.07) is 23.2. The van der Waals surface area contributed by atoms with Crippen molar-refractivity contribution in [2.75, 3.05) is 0 Å². The van der Waals surface area contributed by atoms with Crippen LogP contribution in [0.4, 0.5) is 0 Å². The largest absolute Gasteiger partial charge is 0.294 e. The fourth-order valence-corrected chi connectivity index (χ4v) is 5.39. The van der Waals surface area contributed by atoms with E-state index in [0.29, 0.717) is 22.9 Å². The second-order valence-electron chi connectivity index (χ2n) is 8.61. The highest BCUT2D eigenvalue weighted by Gasteiger charge is 2.28. The Bertz CT molecular complexity index is 1500. The molecule has 2 aromatic heterocycles. The molecule has 0 saturated carbocycles. The maximum absolute atomic E-state index is 12.9. The van der Waals surface area contributed by atoms with Gasteiger partial charge in [0.2, 0.25) is 5.16 Å². The summed E-state index contributed by atoms with van der Waals surface area (Å²) in [6.45, 7) is 2.07. The molecule has 0 radical (unpaired) electrons. The van der Waals surface area contributed by atoms with Gasteiger partial charge in [0.05, 0.1) is 11.3 Å². The van der Waals surface area contributed by atoms with Crippen molar-refractivity contribution >= 4 is 34.1 Å². The number of ketones is 1. The number of Topliss-reactive ketones (excluding diaryl/α,β-unsaturated/α-hetero) is 1.